The van der Waals surface area contributed by atoms with Crippen LogP contribution < -0.4 is 5.73 Å². The molecular formula is C15H22F3N. The van der Waals surface area contributed by atoms with Gasteiger partial charge in [0.25, 0.3) is 0 Å². The number of rotatable bonds is 4. The number of benzene rings is 1. The molecule has 0 bridgehead atoms. The van der Waals surface area contributed by atoms with E-state index in [1.54, 1.807) is 6.07 Å². The van der Waals surface area contributed by atoms with Crippen LogP contribution in [0.3, 0.4) is 0 Å². The summed E-state index contributed by atoms with van der Waals surface area (Å²) in [5.41, 5.74) is 6.36. The maximum absolute atomic E-state index is 12.8. The van der Waals surface area contributed by atoms with Crippen molar-refractivity contribution in [2.24, 2.45) is 5.73 Å². The molecule has 0 spiro atoms. The maximum Gasteiger partial charge on any atom is 0.416 e. The van der Waals surface area contributed by atoms with Gasteiger partial charge in [0.15, 0.2) is 0 Å². The molecule has 0 atom stereocenters. The van der Waals surface area contributed by atoms with E-state index in [9.17, 15) is 13.2 Å². The monoisotopic (exact) mass is 273 g/mol. The lowest BCUT2D eigenvalue weighted by molar-refractivity contribution is -0.137. The Labute approximate surface area is 113 Å². The standard InChI is InChI=1S/C15H22F3N/c1-14(2,3)13-10-12(15(16,17)18)8-7-11(13)6-4-5-9-19/h7-8,10H,4-6,9,19H2,1-3H3. The Morgan fingerprint density at radius 1 is 1.05 bits per heavy atom. The average molecular weight is 273 g/mol. The minimum atomic E-state index is -4.28. The fourth-order valence-electron chi connectivity index (χ4n) is 2.13. The molecule has 0 heterocycles. The van der Waals surface area contributed by atoms with Crippen molar-refractivity contribution in [1.29, 1.82) is 0 Å². The van der Waals surface area contributed by atoms with Gasteiger partial charge in [-0.1, -0.05) is 26.8 Å². The van der Waals surface area contributed by atoms with Crippen LogP contribution in [0.2, 0.25) is 0 Å². The van der Waals surface area contributed by atoms with Gasteiger partial charge in [-0.15, -0.1) is 0 Å². The number of aryl methyl sites for hydroxylation is 1. The van der Waals surface area contributed by atoms with Crippen molar-refractivity contribution in [3.63, 3.8) is 0 Å². The molecule has 0 radical (unpaired) electrons. The molecule has 1 rings (SSSR count). The first-order chi connectivity index (χ1) is 8.66. The first-order valence-corrected chi connectivity index (χ1v) is 6.57. The molecule has 0 aliphatic heterocycles. The summed E-state index contributed by atoms with van der Waals surface area (Å²) in [5.74, 6) is 0. The molecule has 1 aromatic carbocycles. The summed E-state index contributed by atoms with van der Waals surface area (Å²) in [6, 6.07) is 4.07. The molecule has 0 saturated carbocycles. The molecule has 0 unspecified atom stereocenters. The summed E-state index contributed by atoms with van der Waals surface area (Å²) in [7, 11) is 0. The van der Waals surface area contributed by atoms with Gasteiger partial charge >= 0.3 is 6.18 Å². The Kier molecular flexibility index (Phi) is 5.02. The fraction of sp³-hybridized carbons (Fsp3) is 0.600. The van der Waals surface area contributed by atoms with Crippen LogP contribution in [0.15, 0.2) is 18.2 Å². The Morgan fingerprint density at radius 3 is 2.16 bits per heavy atom. The van der Waals surface area contributed by atoms with Gasteiger partial charge in [-0.2, -0.15) is 13.2 Å². The maximum atomic E-state index is 12.8. The van der Waals surface area contributed by atoms with Crippen molar-refractivity contribution in [1.82, 2.24) is 0 Å². The predicted octanol–water partition coefficient (Wildman–Crippen LogP) is 4.28. The number of alkyl halides is 3. The van der Waals surface area contributed by atoms with E-state index in [2.05, 4.69) is 0 Å². The molecule has 2 N–H and O–H groups in total. The second-order valence-electron chi connectivity index (χ2n) is 5.87. The van der Waals surface area contributed by atoms with E-state index in [-0.39, 0.29) is 5.41 Å². The number of unbranched alkanes of at least 4 members (excludes halogenated alkanes) is 1. The molecule has 0 fully saturated rings. The summed E-state index contributed by atoms with van der Waals surface area (Å²) < 4.78 is 38.3. The number of hydrogen-bond acceptors (Lipinski definition) is 1. The van der Waals surface area contributed by atoms with Crippen molar-refractivity contribution in [2.45, 2.75) is 51.6 Å². The molecule has 0 aliphatic carbocycles. The molecule has 1 nitrogen and oxygen atoms in total. The van der Waals surface area contributed by atoms with Crippen LogP contribution in [0, 0.1) is 0 Å². The summed E-state index contributed by atoms with van der Waals surface area (Å²) in [6.07, 6.45) is -1.70. The predicted molar refractivity (Wildman–Crippen MR) is 72.1 cm³/mol. The highest BCUT2D eigenvalue weighted by atomic mass is 19.4. The lowest BCUT2D eigenvalue weighted by atomic mass is 9.81. The molecule has 1 aromatic rings. The second kappa shape index (κ2) is 5.95. The summed E-state index contributed by atoms with van der Waals surface area (Å²) >= 11 is 0. The van der Waals surface area contributed by atoms with Crippen molar-refractivity contribution >= 4 is 0 Å². The zero-order chi connectivity index (χ0) is 14.7. The highest BCUT2D eigenvalue weighted by molar-refractivity contribution is 5.38. The quantitative estimate of drug-likeness (QED) is 0.814. The number of halogens is 3. The van der Waals surface area contributed by atoms with Crippen LogP contribution in [0.1, 0.15) is 50.3 Å². The minimum absolute atomic E-state index is 0.292. The van der Waals surface area contributed by atoms with Crippen LogP contribution in [-0.2, 0) is 18.0 Å². The third-order valence-corrected chi connectivity index (χ3v) is 3.15. The summed E-state index contributed by atoms with van der Waals surface area (Å²) in [4.78, 5) is 0. The van der Waals surface area contributed by atoms with Gasteiger partial charge in [-0.25, -0.2) is 0 Å². The second-order valence-corrected chi connectivity index (χ2v) is 5.87. The third-order valence-electron chi connectivity index (χ3n) is 3.15. The Bertz CT molecular complexity index is 416. The highest BCUT2D eigenvalue weighted by Crippen LogP contribution is 2.34. The highest BCUT2D eigenvalue weighted by Gasteiger charge is 2.32. The zero-order valence-electron chi connectivity index (χ0n) is 11.8. The van der Waals surface area contributed by atoms with Crippen LogP contribution in [-0.4, -0.2) is 6.54 Å². The lowest BCUT2D eigenvalue weighted by Gasteiger charge is -2.24. The molecule has 0 amide bonds. The van der Waals surface area contributed by atoms with Crippen LogP contribution in [0.5, 0.6) is 0 Å². The van der Waals surface area contributed by atoms with Crippen molar-refractivity contribution in [3.05, 3.63) is 34.9 Å². The number of hydrogen-bond donors (Lipinski definition) is 1. The van der Waals surface area contributed by atoms with Gasteiger partial charge < -0.3 is 5.73 Å². The minimum Gasteiger partial charge on any atom is -0.330 e. The molecule has 4 heteroatoms. The zero-order valence-corrected chi connectivity index (χ0v) is 11.8. The van der Waals surface area contributed by atoms with Gasteiger partial charge in [0.2, 0.25) is 0 Å². The number of nitrogens with two attached hydrogens (primary N) is 1. The largest absolute Gasteiger partial charge is 0.416 e. The Hall–Kier alpha value is -1.03. The van der Waals surface area contributed by atoms with E-state index in [4.69, 9.17) is 5.73 Å². The van der Waals surface area contributed by atoms with Crippen molar-refractivity contribution in [3.8, 4) is 0 Å². The molecule has 0 saturated heterocycles. The lowest BCUT2D eigenvalue weighted by Crippen LogP contribution is -2.17. The molecule has 19 heavy (non-hydrogen) atoms. The van der Waals surface area contributed by atoms with Gasteiger partial charge in [-0.05, 0) is 54.5 Å². The van der Waals surface area contributed by atoms with Gasteiger partial charge in [0, 0.05) is 0 Å². The third kappa shape index (κ3) is 4.53. The Morgan fingerprint density at radius 2 is 1.68 bits per heavy atom. The normalized spacial score (nSPS) is 12.8. The van der Waals surface area contributed by atoms with Crippen LogP contribution >= 0.6 is 0 Å². The topological polar surface area (TPSA) is 26.0 Å². The van der Waals surface area contributed by atoms with E-state index in [1.165, 1.54) is 12.1 Å². The molecule has 108 valence electrons. The first kappa shape index (κ1) is 16.0. The van der Waals surface area contributed by atoms with Crippen LogP contribution in [0.4, 0.5) is 13.2 Å². The smallest absolute Gasteiger partial charge is 0.330 e. The van der Waals surface area contributed by atoms with Gasteiger partial charge in [-0.3, -0.25) is 0 Å². The molecule has 0 aliphatic rings. The van der Waals surface area contributed by atoms with Gasteiger partial charge in [0.1, 0.15) is 0 Å². The molecule has 0 aromatic heterocycles. The van der Waals surface area contributed by atoms with Crippen molar-refractivity contribution in [2.75, 3.05) is 6.54 Å². The van der Waals surface area contributed by atoms with Crippen molar-refractivity contribution < 1.29 is 13.2 Å². The molecular weight excluding hydrogens is 251 g/mol. The van der Waals surface area contributed by atoms with E-state index in [0.29, 0.717) is 6.54 Å². The van der Waals surface area contributed by atoms with E-state index in [1.807, 2.05) is 20.8 Å². The Balaban J connectivity index is 3.11. The average Bonchev–Trinajstić information content (AvgIpc) is 2.27. The van der Waals surface area contributed by atoms with Crippen LogP contribution in [0.25, 0.3) is 0 Å². The SMILES string of the molecule is CC(C)(C)c1cc(C(F)(F)F)ccc1CCCCN. The van der Waals surface area contributed by atoms with Gasteiger partial charge in [0.05, 0.1) is 5.56 Å². The first-order valence-electron chi connectivity index (χ1n) is 6.57. The van der Waals surface area contributed by atoms with E-state index >= 15 is 0 Å². The summed E-state index contributed by atoms with van der Waals surface area (Å²) in [6.45, 7) is 6.43. The summed E-state index contributed by atoms with van der Waals surface area (Å²) in [5, 5.41) is 0. The van der Waals surface area contributed by atoms with E-state index in [0.717, 1.165) is 30.4 Å². The van der Waals surface area contributed by atoms with E-state index < -0.39 is 11.7 Å². The fourth-order valence-corrected chi connectivity index (χ4v) is 2.13.